The Kier molecular flexibility index (Phi) is 5.18. The van der Waals surface area contributed by atoms with Crippen molar-refractivity contribution in [1.29, 1.82) is 0 Å². The maximum absolute atomic E-state index is 12.8. The number of hydrogen-bond donors (Lipinski definition) is 1. The second-order valence-electron chi connectivity index (χ2n) is 8.53. The number of rotatable bonds is 5. The molecule has 170 valence electrons. The van der Waals surface area contributed by atoms with Gasteiger partial charge in [0.05, 0.1) is 5.69 Å². The molecule has 2 aromatic rings. The highest BCUT2D eigenvalue weighted by Gasteiger charge is 2.44. The monoisotopic (exact) mass is 445 g/mol. The quantitative estimate of drug-likeness (QED) is 0.746. The zero-order chi connectivity index (χ0) is 22.4. The average Bonchev–Trinajstić information content (AvgIpc) is 3.36. The van der Waals surface area contributed by atoms with Gasteiger partial charge in [-0.1, -0.05) is 0 Å². The van der Waals surface area contributed by atoms with E-state index in [2.05, 4.69) is 19.5 Å². The number of fused-ring (bicyclic) bond motifs is 1. The lowest BCUT2D eigenvalue weighted by atomic mass is 9.86. The minimum absolute atomic E-state index is 0.0602. The van der Waals surface area contributed by atoms with Crippen LogP contribution >= 0.6 is 0 Å². The van der Waals surface area contributed by atoms with E-state index in [1.54, 1.807) is 6.92 Å². The Morgan fingerprint density at radius 1 is 1.19 bits per heavy atom. The van der Waals surface area contributed by atoms with Gasteiger partial charge in [0.15, 0.2) is 11.6 Å². The first kappa shape index (κ1) is 20.7. The molecular weight excluding hydrogens is 420 g/mol. The fourth-order valence-electron chi connectivity index (χ4n) is 4.67. The molecular formula is C21H25F2N7O2. The van der Waals surface area contributed by atoms with E-state index in [4.69, 9.17) is 15.7 Å². The van der Waals surface area contributed by atoms with Crippen LogP contribution in [0.15, 0.2) is 18.3 Å². The molecule has 1 saturated carbocycles. The zero-order valence-corrected chi connectivity index (χ0v) is 17.7. The molecule has 0 unspecified atom stereocenters. The number of amides is 1. The van der Waals surface area contributed by atoms with Crippen LogP contribution in [0.25, 0.3) is 11.3 Å². The number of hydrogen-bond acceptors (Lipinski definition) is 8. The molecule has 2 aromatic heterocycles. The second kappa shape index (κ2) is 8.03. The molecule has 0 aromatic carbocycles. The van der Waals surface area contributed by atoms with Crippen molar-refractivity contribution in [2.24, 2.45) is 5.92 Å². The number of ether oxygens (including phenoxy) is 1. The van der Waals surface area contributed by atoms with Crippen LogP contribution in [-0.2, 0) is 4.79 Å². The molecule has 5 heterocycles. The van der Waals surface area contributed by atoms with Gasteiger partial charge in [0.2, 0.25) is 11.9 Å². The summed E-state index contributed by atoms with van der Waals surface area (Å²) in [7, 11) is 0. The van der Waals surface area contributed by atoms with Crippen LogP contribution in [-0.4, -0.2) is 71.1 Å². The molecule has 3 aliphatic heterocycles. The molecule has 4 aliphatic rings. The number of halogens is 2. The number of aromatic nitrogens is 3. The van der Waals surface area contributed by atoms with Crippen molar-refractivity contribution in [1.82, 2.24) is 19.9 Å². The van der Waals surface area contributed by atoms with Crippen LogP contribution < -0.4 is 20.3 Å². The first-order valence-electron chi connectivity index (χ1n) is 10.7. The predicted octanol–water partition coefficient (Wildman–Crippen LogP) is 1.99. The largest absolute Gasteiger partial charge is 0.431 e. The number of carbonyl (C=O) groups excluding carboxylic acids is 1. The highest BCUT2D eigenvalue weighted by Crippen LogP contribution is 2.43. The first-order valence-corrected chi connectivity index (χ1v) is 10.7. The second-order valence-corrected chi connectivity index (χ2v) is 8.53. The predicted molar refractivity (Wildman–Crippen MR) is 115 cm³/mol. The van der Waals surface area contributed by atoms with E-state index in [-0.39, 0.29) is 17.5 Å². The topological polar surface area (TPSA) is 101 Å². The van der Waals surface area contributed by atoms with E-state index in [9.17, 15) is 13.6 Å². The SMILES string of the molecule is CC(=O)N1CCN(c2cc(-c3cnc(N)c(OC(F)F)c3)nc(N3CC4CC3C4)n2)CC1. The molecule has 1 amide bonds. The van der Waals surface area contributed by atoms with Crippen molar-refractivity contribution < 1.29 is 18.3 Å². The fraction of sp³-hybridized carbons (Fsp3) is 0.524. The molecule has 4 fully saturated rings. The van der Waals surface area contributed by atoms with Gasteiger partial charge in [0, 0.05) is 63.5 Å². The van der Waals surface area contributed by atoms with Crippen molar-refractivity contribution in [2.45, 2.75) is 32.4 Å². The van der Waals surface area contributed by atoms with E-state index < -0.39 is 6.61 Å². The van der Waals surface area contributed by atoms with Crippen molar-refractivity contribution in [3.05, 3.63) is 18.3 Å². The zero-order valence-electron chi connectivity index (χ0n) is 17.7. The summed E-state index contributed by atoms with van der Waals surface area (Å²) < 4.78 is 30.1. The van der Waals surface area contributed by atoms with Gasteiger partial charge < -0.3 is 25.2 Å². The average molecular weight is 445 g/mol. The third-order valence-electron chi connectivity index (χ3n) is 6.51. The van der Waals surface area contributed by atoms with Gasteiger partial charge in [-0.3, -0.25) is 4.79 Å². The lowest BCUT2D eigenvalue weighted by Gasteiger charge is -2.35. The Morgan fingerprint density at radius 3 is 2.56 bits per heavy atom. The standard InChI is InChI=1S/C21H25F2N7O2/c1-12(31)28-2-4-29(5-3-28)18-9-16(14-8-17(32-20(22)23)19(24)25-10-14)26-21(27-18)30-11-13-6-15(30)7-13/h8-10,13,15,20H,2-7,11H2,1H3,(H2,24,25). The lowest BCUT2D eigenvalue weighted by molar-refractivity contribution is -0.129. The third-order valence-corrected chi connectivity index (χ3v) is 6.51. The fourth-order valence-corrected chi connectivity index (χ4v) is 4.67. The van der Waals surface area contributed by atoms with Crippen molar-refractivity contribution in [3.8, 4) is 17.0 Å². The Bertz CT molecular complexity index is 1020. The number of pyridine rings is 1. The van der Waals surface area contributed by atoms with Crippen LogP contribution in [0.2, 0.25) is 0 Å². The van der Waals surface area contributed by atoms with E-state index >= 15 is 0 Å². The molecule has 0 spiro atoms. The summed E-state index contributed by atoms with van der Waals surface area (Å²) in [6, 6.07) is 3.70. The minimum Gasteiger partial charge on any atom is -0.431 e. The highest BCUT2D eigenvalue weighted by atomic mass is 19.3. The Hall–Kier alpha value is -3.24. The Morgan fingerprint density at radius 2 is 1.94 bits per heavy atom. The van der Waals surface area contributed by atoms with Crippen molar-refractivity contribution in [2.75, 3.05) is 48.3 Å². The minimum atomic E-state index is -3.00. The molecule has 6 rings (SSSR count). The summed E-state index contributed by atoms with van der Waals surface area (Å²) in [6.07, 6.45) is 3.80. The van der Waals surface area contributed by atoms with E-state index in [0.29, 0.717) is 55.3 Å². The van der Waals surface area contributed by atoms with Gasteiger partial charge in [-0.05, 0) is 24.8 Å². The molecule has 0 atom stereocenters. The van der Waals surface area contributed by atoms with Gasteiger partial charge in [0.25, 0.3) is 0 Å². The van der Waals surface area contributed by atoms with Crippen LogP contribution in [0, 0.1) is 5.92 Å². The Labute approximate surface area is 184 Å². The van der Waals surface area contributed by atoms with Gasteiger partial charge in [0.1, 0.15) is 5.82 Å². The molecule has 2 bridgehead atoms. The number of anilines is 3. The van der Waals surface area contributed by atoms with Gasteiger partial charge in [-0.15, -0.1) is 0 Å². The summed E-state index contributed by atoms with van der Waals surface area (Å²) in [5.41, 5.74) is 6.79. The summed E-state index contributed by atoms with van der Waals surface area (Å²) in [6.45, 7) is 2.04. The molecule has 32 heavy (non-hydrogen) atoms. The molecule has 2 N–H and O–H groups in total. The summed E-state index contributed by atoms with van der Waals surface area (Å²) in [5.74, 6) is 1.82. The van der Waals surface area contributed by atoms with E-state index in [1.165, 1.54) is 12.3 Å². The molecule has 11 heteroatoms. The van der Waals surface area contributed by atoms with E-state index in [1.807, 2.05) is 11.0 Å². The molecule has 0 radical (unpaired) electrons. The molecule has 1 aliphatic carbocycles. The number of nitrogen functional groups attached to an aromatic ring is 1. The van der Waals surface area contributed by atoms with Gasteiger partial charge >= 0.3 is 6.61 Å². The number of carbonyl (C=O) groups is 1. The molecule has 9 nitrogen and oxygen atoms in total. The maximum atomic E-state index is 12.8. The highest BCUT2D eigenvalue weighted by molar-refractivity contribution is 5.74. The van der Waals surface area contributed by atoms with Gasteiger partial charge in [-0.2, -0.15) is 13.8 Å². The summed E-state index contributed by atoms with van der Waals surface area (Å²) >= 11 is 0. The number of piperazine rings is 1. The normalized spacial score (nSPS) is 22.3. The lowest BCUT2D eigenvalue weighted by Crippen LogP contribution is -2.48. The maximum Gasteiger partial charge on any atom is 0.387 e. The summed E-state index contributed by atoms with van der Waals surface area (Å²) in [5, 5.41) is 0. The van der Waals surface area contributed by atoms with Crippen LogP contribution in [0.5, 0.6) is 5.75 Å². The molecule has 3 saturated heterocycles. The first-order chi connectivity index (χ1) is 15.4. The summed E-state index contributed by atoms with van der Waals surface area (Å²) in [4.78, 5) is 31.4. The number of nitrogens with two attached hydrogens (primary N) is 1. The van der Waals surface area contributed by atoms with Gasteiger partial charge in [-0.25, -0.2) is 9.97 Å². The van der Waals surface area contributed by atoms with Crippen molar-refractivity contribution >= 4 is 23.5 Å². The third kappa shape index (κ3) is 3.87. The Balaban J connectivity index is 1.50. The van der Waals surface area contributed by atoms with Crippen LogP contribution in [0.1, 0.15) is 19.8 Å². The number of alkyl halides is 2. The smallest absolute Gasteiger partial charge is 0.387 e. The van der Waals surface area contributed by atoms with Crippen LogP contribution in [0.4, 0.5) is 26.4 Å². The van der Waals surface area contributed by atoms with E-state index in [0.717, 1.165) is 25.2 Å². The van der Waals surface area contributed by atoms with Crippen molar-refractivity contribution in [3.63, 3.8) is 0 Å². The number of nitrogens with zero attached hydrogens (tertiary/aromatic N) is 6. The van der Waals surface area contributed by atoms with Crippen LogP contribution in [0.3, 0.4) is 0 Å².